The standard InChI is InChI=1S/C24H31N5O2S2/c1-15(2)31-20-6-5-17(24(25)30)11-18(20)12-21-27-19(14-32-21)23-16(3)26-22(33-23)13-29-9-7-28(4)8-10-29/h5-6,11,14-15H,7-10,12-13H2,1-4H3,(H2,25,30). The second-order valence-electron chi connectivity index (χ2n) is 8.76. The van der Waals surface area contributed by atoms with Gasteiger partial charge in [-0.05, 0) is 46.0 Å². The Morgan fingerprint density at radius 1 is 1.18 bits per heavy atom. The lowest BCUT2D eigenvalue weighted by atomic mass is 10.1. The third kappa shape index (κ3) is 5.97. The lowest BCUT2D eigenvalue weighted by molar-refractivity contribution is 0.1000. The lowest BCUT2D eigenvalue weighted by Gasteiger charge is -2.31. The number of hydrogen-bond donors (Lipinski definition) is 1. The molecule has 1 saturated heterocycles. The Hall–Kier alpha value is -2.33. The van der Waals surface area contributed by atoms with Crippen LogP contribution >= 0.6 is 22.7 Å². The van der Waals surface area contributed by atoms with E-state index in [0.717, 1.165) is 70.3 Å². The smallest absolute Gasteiger partial charge is 0.248 e. The molecule has 0 bridgehead atoms. The Balaban J connectivity index is 1.51. The van der Waals surface area contributed by atoms with Crippen molar-refractivity contribution in [3.8, 4) is 16.3 Å². The maximum Gasteiger partial charge on any atom is 0.248 e. The van der Waals surface area contributed by atoms with Gasteiger partial charge in [0.15, 0.2) is 0 Å². The van der Waals surface area contributed by atoms with Gasteiger partial charge in [-0.15, -0.1) is 22.7 Å². The Bertz CT molecular complexity index is 1120. The molecule has 0 unspecified atom stereocenters. The van der Waals surface area contributed by atoms with E-state index >= 15 is 0 Å². The number of piperazine rings is 1. The molecule has 33 heavy (non-hydrogen) atoms. The van der Waals surface area contributed by atoms with Crippen LogP contribution in [0.1, 0.15) is 45.5 Å². The molecular weight excluding hydrogens is 454 g/mol. The number of benzene rings is 1. The van der Waals surface area contributed by atoms with Gasteiger partial charge in [0.1, 0.15) is 10.8 Å². The van der Waals surface area contributed by atoms with Crippen molar-refractivity contribution in [3.63, 3.8) is 0 Å². The highest BCUT2D eigenvalue weighted by molar-refractivity contribution is 7.16. The van der Waals surface area contributed by atoms with E-state index in [4.69, 9.17) is 20.4 Å². The van der Waals surface area contributed by atoms with Gasteiger partial charge < -0.3 is 15.4 Å². The fourth-order valence-corrected chi connectivity index (χ4v) is 5.80. The van der Waals surface area contributed by atoms with Crippen LogP contribution in [0.25, 0.3) is 10.6 Å². The Labute approximate surface area is 203 Å². The molecule has 0 spiro atoms. The number of ether oxygens (including phenoxy) is 1. The molecule has 176 valence electrons. The quantitative estimate of drug-likeness (QED) is 0.522. The number of aromatic nitrogens is 2. The van der Waals surface area contributed by atoms with Gasteiger partial charge in [-0.2, -0.15) is 0 Å². The van der Waals surface area contributed by atoms with Crippen molar-refractivity contribution in [2.45, 2.75) is 39.8 Å². The summed E-state index contributed by atoms with van der Waals surface area (Å²) >= 11 is 3.35. The molecule has 2 N–H and O–H groups in total. The number of carbonyl (C=O) groups excluding carboxylic acids is 1. The van der Waals surface area contributed by atoms with E-state index in [0.29, 0.717) is 12.0 Å². The molecule has 4 rings (SSSR count). The van der Waals surface area contributed by atoms with Crippen molar-refractivity contribution < 1.29 is 9.53 Å². The normalized spacial score (nSPS) is 15.3. The van der Waals surface area contributed by atoms with Crippen molar-refractivity contribution in [1.82, 2.24) is 19.8 Å². The first-order chi connectivity index (χ1) is 15.8. The molecule has 2 aromatic heterocycles. The van der Waals surface area contributed by atoms with Gasteiger partial charge in [-0.1, -0.05) is 0 Å². The predicted molar refractivity (Wildman–Crippen MR) is 134 cm³/mol. The molecule has 1 fully saturated rings. The molecule has 3 heterocycles. The number of primary amides is 1. The molecule has 0 saturated carbocycles. The van der Waals surface area contributed by atoms with Gasteiger partial charge in [0.2, 0.25) is 5.91 Å². The largest absolute Gasteiger partial charge is 0.491 e. The zero-order valence-corrected chi connectivity index (χ0v) is 21.3. The molecule has 7 nitrogen and oxygen atoms in total. The van der Waals surface area contributed by atoms with E-state index in [9.17, 15) is 4.79 Å². The summed E-state index contributed by atoms with van der Waals surface area (Å²) in [6.07, 6.45) is 0.619. The van der Waals surface area contributed by atoms with Gasteiger partial charge in [0.25, 0.3) is 0 Å². The average Bonchev–Trinajstić information content (AvgIpc) is 3.36. The van der Waals surface area contributed by atoms with Gasteiger partial charge in [0, 0.05) is 49.1 Å². The maximum absolute atomic E-state index is 11.7. The summed E-state index contributed by atoms with van der Waals surface area (Å²) < 4.78 is 5.95. The minimum Gasteiger partial charge on any atom is -0.491 e. The summed E-state index contributed by atoms with van der Waals surface area (Å²) in [4.78, 5) is 27.4. The fourth-order valence-electron chi connectivity index (χ4n) is 3.85. The average molecular weight is 486 g/mol. The van der Waals surface area contributed by atoms with Gasteiger partial charge in [-0.25, -0.2) is 9.97 Å². The van der Waals surface area contributed by atoms with Crippen LogP contribution in [0.15, 0.2) is 23.6 Å². The van der Waals surface area contributed by atoms with Crippen LogP contribution in [0.5, 0.6) is 5.75 Å². The van der Waals surface area contributed by atoms with Crippen molar-refractivity contribution >= 4 is 28.6 Å². The minimum absolute atomic E-state index is 0.0357. The number of carbonyl (C=O) groups is 1. The number of rotatable bonds is 8. The third-order valence-corrected chi connectivity index (χ3v) is 7.64. The van der Waals surface area contributed by atoms with E-state index in [-0.39, 0.29) is 6.10 Å². The first-order valence-corrected chi connectivity index (χ1v) is 12.9. The van der Waals surface area contributed by atoms with E-state index in [1.165, 1.54) is 0 Å². The zero-order chi connectivity index (χ0) is 23.5. The molecular formula is C24H31N5O2S2. The Morgan fingerprint density at radius 2 is 1.94 bits per heavy atom. The second-order valence-corrected chi connectivity index (χ2v) is 10.8. The first-order valence-electron chi connectivity index (χ1n) is 11.2. The number of nitrogens with zero attached hydrogens (tertiary/aromatic N) is 4. The molecule has 0 radical (unpaired) electrons. The van der Waals surface area contributed by atoms with Crippen molar-refractivity contribution in [1.29, 1.82) is 0 Å². The van der Waals surface area contributed by atoms with Crippen LogP contribution < -0.4 is 10.5 Å². The highest BCUT2D eigenvalue weighted by Gasteiger charge is 2.19. The summed E-state index contributed by atoms with van der Waals surface area (Å²) in [6.45, 7) is 11.3. The van der Waals surface area contributed by atoms with Crippen molar-refractivity contribution in [2.24, 2.45) is 5.73 Å². The van der Waals surface area contributed by atoms with Gasteiger partial charge >= 0.3 is 0 Å². The zero-order valence-electron chi connectivity index (χ0n) is 19.6. The highest BCUT2D eigenvalue weighted by atomic mass is 32.1. The molecule has 0 aliphatic carbocycles. The van der Waals surface area contributed by atoms with E-state index in [2.05, 4.69) is 29.2 Å². The maximum atomic E-state index is 11.7. The molecule has 1 aliphatic rings. The molecule has 3 aromatic rings. The van der Waals surface area contributed by atoms with Crippen molar-refractivity contribution in [3.05, 3.63) is 50.4 Å². The molecule has 1 aliphatic heterocycles. The number of nitrogens with two attached hydrogens (primary N) is 1. The van der Waals surface area contributed by atoms with Crippen LogP contribution in [0.2, 0.25) is 0 Å². The van der Waals surface area contributed by atoms with Gasteiger partial charge in [0.05, 0.1) is 33.9 Å². The third-order valence-electron chi connectivity index (χ3n) is 5.63. The van der Waals surface area contributed by atoms with Crippen LogP contribution in [-0.2, 0) is 13.0 Å². The number of thiazole rings is 2. The summed E-state index contributed by atoms with van der Waals surface area (Å²) in [5.74, 6) is 0.315. The monoisotopic (exact) mass is 485 g/mol. The second kappa shape index (κ2) is 10.3. The topological polar surface area (TPSA) is 84.6 Å². The minimum atomic E-state index is -0.444. The van der Waals surface area contributed by atoms with Gasteiger partial charge in [-0.3, -0.25) is 9.69 Å². The first kappa shape index (κ1) is 23.8. The number of hydrogen-bond acceptors (Lipinski definition) is 8. The predicted octanol–water partition coefficient (Wildman–Crippen LogP) is 3.80. The Morgan fingerprint density at radius 3 is 2.64 bits per heavy atom. The Kier molecular flexibility index (Phi) is 7.43. The summed E-state index contributed by atoms with van der Waals surface area (Å²) in [6, 6.07) is 5.34. The lowest BCUT2D eigenvalue weighted by Crippen LogP contribution is -2.43. The van der Waals surface area contributed by atoms with E-state index in [1.807, 2.05) is 26.0 Å². The summed E-state index contributed by atoms with van der Waals surface area (Å²) in [7, 11) is 2.17. The number of amides is 1. The fraction of sp³-hybridized carbons (Fsp3) is 0.458. The molecule has 1 aromatic carbocycles. The van der Waals surface area contributed by atoms with E-state index < -0.39 is 5.91 Å². The SMILES string of the molecule is Cc1nc(CN2CCN(C)CC2)sc1-c1csc(Cc2cc(C(N)=O)ccc2OC(C)C)n1. The van der Waals surface area contributed by atoms with Crippen LogP contribution in [-0.4, -0.2) is 65.0 Å². The van der Waals surface area contributed by atoms with Crippen LogP contribution in [0.3, 0.4) is 0 Å². The summed E-state index contributed by atoms with van der Waals surface area (Å²) in [5, 5.41) is 4.20. The molecule has 9 heteroatoms. The van der Waals surface area contributed by atoms with Crippen LogP contribution in [0, 0.1) is 6.92 Å². The van der Waals surface area contributed by atoms with Crippen molar-refractivity contribution in [2.75, 3.05) is 33.2 Å². The summed E-state index contributed by atoms with van der Waals surface area (Å²) in [5.41, 5.74) is 8.88. The van der Waals surface area contributed by atoms with E-state index in [1.54, 1.807) is 28.7 Å². The molecule has 0 atom stereocenters. The molecule has 1 amide bonds. The highest BCUT2D eigenvalue weighted by Crippen LogP contribution is 2.33. The number of aryl methyl sites for hydroxylation is 1. The number of likely N-dealkylation sites (N-methyl/N-ethyl adjacent to an activating group) is 1. The van der Waals surface area contributed by atoms with Crippen LogP contribution in [0.4, 0.5) is 0 Å².